The van der Waals surface area contributed by atoms with Gasteiger partial charge in [0.05, 0.1) is 16.6 Å². The van der Waals surface area contributed by atoms with Crippen LogP contribution in [0, 0.1) is 0 Å². The summed E-state index contributed by atoms with van der Waals surface area (Å²) in [5.74, 6) is 1.04. The molecule has 0 radical (unpaired) electrons. The summed E-state index contributed by atoms with van der Waals surface area (Å²) in [6.45, 7) is 3.53. The Labute approximate surface area is 232 Å². The van der Waals surface area contributed by atoms with Crippen LogP contribution in [0.2, 0.25) is 0 Å². The van der Waals surface area contributed by atoms with Gasteiger partial charge in [0.15, 0.2) is 5.65 Å². The molecule has 4 saturated heterocycles. The van der Waals surface area contributed by atoms with Gasteiger partial charge < -0.3 is 20.1 Å². The van der Waals surface area contributed by atoms with Crippen molar-refractivity contribution in [1.82, 2.24) is 25.2 Å². The topological polar surface area (TPSA) is 86.6 Å². The molecule has 4 aromatic rings. The number of hydrogen-bond acceptors (Lipinski definition) is 8. The molecule has 9 heteroatoms. The first-order valence-corrected chi connectivity index (χ1v) is 14.5. The van der Waals surface area contributed by atoms with Crippen LogP contribution in [0.5, 0.6) is 11.8 Å². The zero-order valence-electron chi connectivity index (χ0n) is 22.4. The largest absolute Gasteiger partial charge is 0.508 e. The van der Waals surface area contributed by atoms with Gasteiger partial charge in [-0.2, -0.15) is 9.97 Å². The number of nitrogens with one attached hydrogen (secondary N) is 1. The van der Waals surface area contributed by atoms with Gasteiger partial charge in [0.2, 0.25) is 0 Å². The van der Waals surface area contributed by atoms with Crippen LogP contribution in [0.3, 0.4) is 0 Å². The summed E-state index contributed by atoms with van der Waals surface area (Å²) in [5.41, 5.74) is 1.86. The Morgan fingerprint density at radius 3 is 2.73 bits per heavy atom. The van der Waals surface area contributed by atoms with Gasteiger partial charge in [-0.1, -0.05) is 24.3 Å². The molecule has 2 bridgehead atoms. The first-order chi connectivity index (χ1) is 19.5. The van der Waals surface area contributed by atoms with E-state index in [2.05, 4.69) is 15.1 Å². The van der Waals surface area contributed by atoms with E-state index in [4.69, 9.17) is 19.7 Å². The van der Waals surface area contributed by atoms with Crippen molar-refractivity contribution in [3.63, 3.8) is 0 Å². The third kappa shape index (κ3) is 4.06. The predicted molar refractivity (Wildman–Crippen MR) is 153 cm³/mol. The third-order valence-corrected chi connectivity index (χ3v) is 9.39. The summed E-state index contributed by atoms with van der Waals surface area (Å²) in [5, 5.41) is 17.0. The number of rotatable bonds is 5. The van der Waals surface area contributed by atoms with Crippen molar-refractivity contribution in [3.8, 4) is 23.0 Å². The van der Waals surface area contributed by atoms with Crippen molar-refractivity contribution >= 4 is 27.6 Å². The Morgan fingerprint density at radius 1 is 1.00 bits per heavy atom. The number of fused-ring (bicyclic) bond motifs is 5. The Morgan fingerprint density at radius 2 is 1.85 bits per heavy atom. The van der Waals surface area contributed by atoms with E-state index in [0.29, 0.717) is 43.3 Å². The number of hydrogen-bond donors (Lipinski definition) is 2. The average Bonchev–Trinajstić information content (AvgIpc) is 3.60. The van der Waals surface area contributed by atoms with Gasteiger partial charge in [0, 0.05) is 43.7 Å². The Bertz CT molecular complexity index is 1600. The highest BCUT2D eigenvalue weighted by molar-refractivity contribution is 5.98. The molecular weight excluding hydrogens is 507 g/mol. The molecule has 8 rings (SSSR count). The smallest absolute Gasteiger partial charge is 0.320 e. The minimum absolute atomic E-state index is 0.197. The standard InChI is InChI=1S/C31H33FN6O2/c32-20-14-31(10-3-11-38(31)15-20)18-40-30-35-28-25(29(36-30)37-16-21-6-7-22(17-37)33-21)8-9-27(34-28)26-13-23(39)12-19-4-1-2-5-24(19)26/h1-2,4-5,8-9,12-13,20-22,33,39H,3,6-7,10-11,14-18H2/t20-,21-,22+,31+/m1/s1. The number of aromatic nitrogens is 3. The maximum Gasteiger partial charge on any atom is 0.320 e. The van der Waals surface area contributed by atoms with Gasteiger partial charge in [-0.3, -0.25) is 4.90 Å². The maximum atomic E-state index is 14.4. The SMILES string of the molecule is Oc1cc(-c2ccc3c(N4C[C@H]5CC[C@@H](C4)N5)nc(OC[C@@]45CCCN4C[C@H](F)C5)nc3n2)c2ccccc2c1. The zero-order valence-corrected chi connectivity index (χ0v) is 22.4. The highest BCUT2D eigenvalue weighted by Crippen LogP contribution is 2.41. The third-order valence-electron chi connectivity index (χ3n) is 9.39. The van der Waals surface area contributed by atoms with Crippen LogP contribution < -0.4 is 15.0 Å². The lowest BCUT2D eigenvalue weighted by Gasteiger charge is -2.34. The minimum atomic E-state index is -0.811. The van der Waals surface area contributed by atoms with E-state index in [-0.39, 0.29) is 11.3 Å². The van der Waals surface area contributed by atoms with Crippen LogP contribution in [-0.2, 0) is 0 Å². The summed E-state index contributed by atoms with van der Waals surface area (Å²) in [6.07, 6.45) is 4.03. The number of alkyl halides is 1. The number of halogens is 1. The molecule has 0 spiro atoms. The van der Waals surface area contributed by atoms with Gasteiger partial charge >= 0.3 is 6.01 Å². The molecule has 2 N–H and O–H groups in total. The van der Waals surface area contributed by atoms with Crippen LogP contribution in [0.4, 0.5) is 10.2 Å². The van der Waals surface area contributed by atoms with Crippen molar-refractivity contribution in [3.05, 3.63) is 48.5 Å². The van der Waals surface area contributed by atoms with Crippen LogP contribution in [0.15, 0.2) is 48.5 Å². The fraction of sp³-hybridized carbons (Fsp3) is 0.452. The van der Waals surface area contributed by atoms with Crippen molar-refractivity contribution < 1.29 is 14.2 Å². The lowest BCUT2D eigenvalue weighted by atomic mass is 9.95. The molecule has 4 fully saturated rings. The predicted octanol–water partition coefficient (Wildman–Crippen LogP) is 4.45. The molecule has 4 atom stereocenters. The number of anilines is 1. The van der Waals surface area contributed by atoms with E-state index in [1.54, 1.807) is 12.1 Å². The summed E-state index contributed by atoms with van der Waals surface area (Å²) in [7, 11) is 0. The summed E-state index contributed by atoms with van der Waals surface area (Å²) in [6, 6.07) is 16.7. The number of phenols is 1. The number of phenolic OH excluding ortho intramolecular Hbond substituents is 1. The molecule has 6 heterocycles. The van der Waals surface area contributed by atoms with Crippen LogP contribution in [-0.4, -0.2) is 81.5 Å². The molecule has 8 nitrogen and oxygen atoms in total. The lowest BCUT2D eigenvalue weighted by molar-refractivity contribution is 0.107. The molecule has 0 saturated carbocycles. The number of piperazine rings is 1. The fourth-order valence-corrected chi connectivity index (χ4v) is 7.55. The van der Waals surface area contributed by atoms with Crippen molar-refractivity contribution in [2.24, 2.45) is 0 Å². The minimum Gasteiger partial charge on any atom is -0.508 e. The van der Waals surface area contributed by atoms with Gasteiger partial charge in [-0.05, 0) is 67.3 Å². The Kier molecular flexibility index (Phi) is 5.60. The Balaban J connectivity index is 1.21. The molecule has 2 aromatic heterocycles. The number of nitrogens with zero attached hydrogens (tertiary/aromatic N) is 5. The van der Waals surface area contributed by atoms with Gasteiger partial charge in [0.1, 0.15) is 24.3 Å². The van der Waals surface area contributed by atoms with Crippen LogP contribution in [0.25, 0.3) is 33.1 Å². The second kappa shape index (κ2) is 9.24. The summed E-state index contributed by atoms with van der Waals surface area (Å²) in [4.78, 5) is 19.4. The van der Waals surface area contributed by atoms with Crippen LogP contribution >= 0.6 is 0 Å². The second-order valence-corrected chi connectivity index (χ2v) is 12.0. The highest BCUT2D eigenvalue weighted by atomic mass is 19.1. The number of pyridine rings is 1. The number of ether oxygens (including phenoxy) is 1. The van der Waals surface area contributed by atoms with Crippen molar-refractivity contribution in [2.45, 2.75) is 55.9 Å². The average molecular weight is 541 g/mol. The van der Waals surface area contributed by atoms with Crippen molar-refractivity contribution in [2.75, 3.05) is 37.7 Å². The van der Waals surface area contributed by atoms with E-state index in [0.717, 1.165) is 65.7 Å². The molecule has 40 heavy (non-hydrogen) atoms. The molecule has 0 amide bonds. The number of benzene rings is 2. The number of aromatic hydroxyl groups is 1. The van der Waals surface area contributed by atoms with Gasteiger partial charge in [-0.15, -0.1) is 0 Å². The maximum absolute atomic E-state index is 14.4. The zero-order chi connectivity index (χ0) is 26.8. The van der Waals surface area contributed by atoms with Crippen LogP contribution in [0.1, 0.15) is 32.1 Å². The van der Waals surface area contributed by atoms with Gasteiger partial charge in [0.25, 0.3) is 0 Å². The highest BCUT2D eigenvalue weighted by Gasteiger charge is 2.49. The molecule has 0 unspecified atom stereocenters. The Hall–Kier alpha value is -3.56. The van der Waals surface area contributed by atoms with E-state index in [9.17, 15) is 9.50 Å². The summed E-state index contributed by atoms with van der Waals surface area (Å²) < 4.78 is 20.7. The van der Waals surface area contributed by atoms with E-state index in [1.807, 2.05) is 36.4 Å². The van der Waals surface area contributed by atoms with Gasteiger partial charge in [-0.25, -0.2) is 9.37 Å². The monoisotopic (exact) mass is 540 g/mol. The second-order valence-electron chi connectivity index (χ2n) is 12.0. The molecular formula is C31H33FN6O2. The first kappa shape index (κ1) is 24.3. The summed E-state index contributed by atoms with van der Waals surface area (Å²) >= 11 is 0. The first-order valence-electron chi connectivity index (χ1n) is 14.5. The van der Waals surface area contributed by atoms with E-state index < -0.39 is 6.17 Å². The van der Waals surface area contributed by atoms with Crippen molar-refractivity contribution in [1.29, 1.82) is 0 Å². The molecule has 4 aliphatic rings. The quantitative estimate of drug-likeness (QED) is 0.384. The molecule has 2 aromatic carbocycles. The molecule has 0 aliphatic carbocycles. The fourth-order valence-electron chi connectivity index (χ4n) is 7.55. The normalized spacial score (nSPS) is 28.0. The lowest BCUT2D eigenvalue weighted by Crippen LogP contribution is -2.51. The molecule has 206 valence electrons. The van der Waals surface area contributed by atoms with E-state index in [1.165, 1.54) is 12.8 Å². The molecule has 4 aliphatic heterocycles. The van der Waals surface area contributed by atoms with E-state index >= 15 is 0 Å².